The zero-order valence-corrected chi connectivity index (χ0v) is 11.5. The molecule has 1 aliphatic heterocycles. The summed E-state index contributed by atoms with van der Waals surface area (Å²) in [5, 5.41) is 0. The molecule has 21 heavy (non-hydrogen) atoms. The molecule has 3 nitrogen and oxygen atoms in total. The van der Waals surface area contributed by atoms with Gasteiger partial charge in [-0.1, -0.05) is 42.5 Å². The van der Waals surface area contributed by atoms with Gasteiger partial charge >= 0.3 is 0 Å². The van der Waals surface area contributed by atoms with E-state index in [2.05, 4.69) is 0 Å². The van der Waals surface area contributed by atoms with Crippen molar-refractivity contribution >= 4 is 17.5 Å². The minimum absolute atomic E-state index is 0.00255. The molecule has 102 valence electrons. The summed E-state index contributed by atoms with van der Waals surface area (Å²) in [6.45, 7) is 0. The summed E-state index contributed by atoms with van der Waals surface area (Å²) in [5.74, 6) is 1.37. The van der Waals surface area contributed by atoms with E-state index >= 15 is 0 Å². The van der Waals surface area contributed by atoms with Crippen LogP contribution in [0.4, 0.5) is 5.69 Å². The number of carbonyl (C=O) groups excluding carboxylic acids is 1. The first-order valence-electron chi connectivity index (χ1n) is 6.82. The van der Waals surface area contributed by atoms with E-state index in [1.807, 2.05) is 72.6 Å². The van der Waals surface area contributed by atoms with E-state index < -0.39 is 0 Å². The summed E-state index contributed by atoms with van der Waals surface area (Å²) in [4.78, 5) is 14.6. The fourth-order valence-corrected chi connectivity index (χ4v) is 2.75. The van der Waals surface area contributed by atoms with Gasteiger partial charge in [-0.05, 0) is 23.8 Å². The SMILES string of the molecule is CN1C(=C2C=Cc3ccccc3C2=O)Oc2ccccc21. The molecule has 0 spiro atoms. The predicted octanol–water partition coefficient (Wildman–Crippen LogP) is 3.64. The molecule has 4 rings (SSSR count). The molecular formula is C18H13NO2. The number of fused-ring (bicyclic) bond motifs is 2. The Morgan fingerprint density at radius 3 is 2.57 bits per heavy atom. The second kappa shape index (κ2) is 4.35. The second-order valence-electron chi connectivity index (χ2n) is 5.10. The zero-order chi connectivity index (χ0) is 14.4. The van der Waals surface area contributed by atoms with Gasteiger partial charge in [-0.2, -0.15) is 0 Å². The summed E-state index contributed by atoms with van der Waals surface area (Å²) in [7, 11) is 1.91. The molecule has 0 atom stereocenters. The van der Waals surface area contributed by atoms with E-state index in [1.54, 1.807) is 0 Å². The summed E-state index contributed by atoms with van der Waals surface area (Å²) < 4.78 is 5.88. The minimum Gasteiger partial charge on any atom is -0.438 e. The number of hydrogen-bond acceptors (Lipinski definition) is 3. The highest BCUT2D eigenvalue weighted by molar-refractivity contribution is 6.15. The maximum absolute atomic E-state index is 12.7. The Labute approximate surface area is 122 Å². The largest absolute Gasteiger partial charge is 0.438 e. The van der Waals surface area contributed by atoms with Gasteiger partial charge in [0.1, 0.15) is 0 Å². The molecule has 3 heteroatoms. The quantitative estimate of drug-likeness (QED) is 0.687. The topological polar surface area (TPSA) is 29.5 Å². The second-order valence-corrected chi connectivity index (χ2v) is 5.10. The van der Waals surface area contributed by atoms with Crippen molar-refractivity contribution in [3.8, 4) is 5.75 Å². The number of ketones is 1. The maximum Gasteiger partial charge on any atom is 0.211 e. The Balaban J connectivity index is 1.84. The highest BCUT2D eigenvalue weighted by Gasteiger charge is 2.30. The van der Waals surface area contributed by atoms with Crippen molar-refractivity contribution in [1.29, 1.82) is 0 Å². The van der Waals surface area contributed by atoms with E-state index in [9.17, 15) is 4.79 Å². The third-order valence-corrected chi connectivity index (χ3v) is 3.85. The van der Waals surface area contributed by atoms with E-state index in [0.29, 0.717) is 11.5 Å². The van der Waals surface area contributed by atoms with Gasteiger partial charge in [0.05, 0.1) is 11.3 Å². The fraction of sp³-hybridized carbons (Fsp3) is 0.0556. The van der Waals surface area contributed by atoms with Crippen LogP contribution in [0.25, 0.3) is 6.08 Å². The molecular weight excluding hydrogens is 262 g/mol. The predicted molar refractivity (Wildman–Crippen MR) is 82.3 cm³/mol. The lowest BCUT2D eigenvalue weighted by Gasteiger charge is -2.17. The minimum atomic E-state index is 0.00255. The van der Waals surface area contributed by atoms with Crippen molar-refractivity contribution in [2.75, 3.05) is 11.9 Å². The lowest BCUT2D eigenvalue weighted by molar-refractivity contribution is 0.103. The summed E-state index contributed by atoms with van der Waals surface area (Å²) in [6.07, 6.45) is 3.79. The number of Topliss-reactive ketones (excluding diaryl/α,β-unsaturated/α-hetero) is 1. The van der Waals surface area contributed by atoms with Crippen LogP contribution >= 0.6 is 0 Å². The van der Waals surface area contributed by atoms with Gasteiger partial charge in [0.2, 0.25) is 5.88 Å². The number of para-hydroxylation sites is 2. The molecule has 0 amide bonds. The smallest absolute Gasteiger partial charge is 0.211 e. The highest BCUT2D eigenvalue weighted by Crippen LogP contribution is 2.39. The van der Waals surface area contributed by atoms with Gasteiger partial charge in [0, 0.05) is 12.6 Å². The molecule has 0 unspecified atom stereocenters. The van der Waals surface area contributed by atoms with Crippen LogP contribution < -0.4 is 9.64 Å². The monoisotopic (exact) mass is 275 g/mol. The van der Waals surface area contributed by atoms with Crippen LogP contribution in [0, 0.1) is 0 Å². The van der Waals surface area contributed by atoms with Crippen molar-refractivity contribution in [2.45, 2.75) is 0 Å². The normalized spacial score (nSPS) is 19.3. The summed E-state index contributed by atoms with van der Waals surface area (Å²) >= 11 is 0. The highest BCUT2D eigenvalue weighted by atomic mass is 16.5. The van der Waals surface area contributed by atoms with Crippen LogP contribution in [-0.4, -0.2) is 12.8 Å². The van der Waals surface area contributed by atoms with Crippen molar-refractivity contribution in [3.63, 3.8) is 0 Å². The van der Waals surface area contributed by atoms with E-state index in [-0.39, 0.29) is 5.78 Å². The van der Waals surface area contributed by atoms with E-state index in [1.165, 1.54) is 0 Å². The summed E-state index contributed by atoms with van der Waals surface area (Å²) in [6, 6.07) is 15.4. The molecule has 2 aliphatic rings. The van der Waals surface area contributed by atoms with Crippen molar-refractivity contribution in [3.05, 3.63) is 77.2 Å². The third kappa shape index (κ3) is 1.71. The van der Waals surface area contributed by atoms with Gasteiger partial charge in [0.15, 0.2) is 11.5 Å². The third-order valence-electron chi connectivity index (χ3n) is 3.85. The van der Waals surface area contributed by atoms with E-state index in [4.69, 9.17) is 4.74 Å². The van der Waals surface area contributed by atoms with Crippen LogP contribution in [0.2, 0.25) is 0 Å². The Kier molecular flexibility index (Phi) is 2.48. The van der Waals surface area contributed by atoms with E-state index in [0.717, 1.165) is 22.6 Å². The lowest BCUT2D eigenvalue weighted by Crippen LogP contribution is -2.20. The Morgan fingerprint density at radius 1 is 0.952 bits per heavy atom. The van der Waals surface area contributed by atoms with Crippen molar-refractivity contribution in [1.82, 2.24) is 0 Å². The first-order chi connectivity index (χ1) is 10.3. The van der Waals surface area contributed by atoms with Crippen molar-refractivity contribution in [2.24, 2.45) is 0 Å². The zero-order valence-electron chi connectivity index (χ0n) is 11.5. The lowest BCUT2D eigenvalue weighted by atomic mass is 9.92. The van der Waals surface area contributed by atoms with Crippen molar-refractivity contribution < 1.29 is 9.53 Å². The fourth-order valence-electron chi connectivity index (χ4n) is 2.75. The average Bonchev–Trinajstić information content (AvgIpc) is 2.85. The number of benzene rings is 2. The molecule has 1 heterocycles. The molecule has 0 saturated carbocycles. The van der Waals surface area contributed by atoms with Crippen LogP contribution in [-0.2, 0) is 0 Å². The first-order valence-corrected chi connectivity index (χ1v) is 6.82. The number of rotatable bonds is 0. The first kappa shape index (κ1) is 12.0. The molecule has 1 aliphatic carbocycles. The molecule has 0 aromatic heterocycles. The Hall–Kier alpha value is -2.81. The summed E-state index contributed by atoms with van der Waals surface area (Å²) in [5.41, 5.74) is 3.23. The molecule has 0 fully saturated rings. The van der Waals surface area contributed by atoms with Gasteiger partial charge in [-0.25, -0.2) is 0 Å². The Bertz CT molecular complexity index is 817. The molecule has 0 bridgehead atoms. The van der Waals surface area contributed by atoms with Gasteiger partial charge in [0.25, 0.3) is 0 Å². The number of hydrogen-bond donors (Lipinski definition) is 0. The molecule has 0 radical (unpaired) electrons. The average molecular weight is 275 g/mol. The number of nitrogens with zero attached hydrogens (tertiary/aromatic N) is 1. The number of ether oxygens (including phenoxy) is 1. The van der Waals surface area contributed by atoms with Crippen LogP contribution in [0.1, 0.15) is 15.9 Å². The molecule has 0 saturated heterocycles. The number of anilines is 1. The van der Waals surface area contributed by atoms with Crippen LogP contribution in [0.15, 0.2) is 66.1 Å². The molecule has 2 aromatic carbocycles. The van der Waals surface area contributed by atoms with Gasteiger partial charge in [-0.3, -0.25) is 4.79 Å². The standard InChI is InChI=1S/C18H13NO2/c1-19-15-8-4-5-9-16(15)21-18(19)14-11-10-12-6-2-3-7-13(12)17(14)20/h2-11H,1H3. The Morgan fingerprint density at radius 2 is 1.71 bits per heavy atom. The maximum atomic E-state index is 12.7. The molecule has 0 N–H and O–H groups in total. The molecule has 2 aromatic rings. The van der Waals surface area contributed by atoms with Gasteiger partial charge < -0.3 is 9.64 Å². The van der Waals surface area contributed by atoms with Crippen LogP contribution in [0.5, 0.6) is 5.75 Å². The number of allylic oxidation sites excluding steroid dienone is 2. The van der Waals surface area contributed by atoms with Gasteiger partial charge in [-0.15, -0.1) is 0 Å². The number of carbonyl (C=O) groups is 1. The van der Waals surface area contributed by atoms with Crippen LogP contribution in [0.3, 0.4) is 0 Å².